The molecule has 0 amide bonds. The molecule has 0 radical (unpaired) electrons. The van der Waals surface area contributed by atoms with Gasteiger partial charge in [-0.3, -0.25) is 0 Å². The smallest absolute Gasteiger partial charge is 0.122 e. The normalized spacial score (nSPS) is 18.0. The molecule has 2 aliphatic rings. The maximum atomic E-state index is 11.8. The van der Waals surface area contributed by atoms with Crippen LogP contribution in [0, 0.1) is 0 Å². The molecule has 2 aromatic carbocycles. The minimum absolute atomic E-state index is 0.00310. The Bertz CT molecular complexity index is 971. The average Bonchev–Trinajstić information content (AvgIpc) is 3.51. The van der Waals surface area contributed by atoms with Crippen LogP contribution >= 0.6 is 0 Å². The Hall–Kier alpha value is -1.96. The lowest BCUT2D eigenvalue weighted by atomic mass is 9.75. The van der Waals surface area contributed by atoms with Crippen LogP contribution in [0.5, 0.6) is 11.5 Å². The van der Waals surface area contributed by atoms with Crippen molar-refractivity contribution in [2.75, 3.05) is 0 Å². The zero-order valence-corrected chi connectivity index (χ0v) is 24.0. The summed E-state index contributed by atoms with van der Waals surface area (Å²) in [5, 5.41) is 23.6. The summed E-state index contributed by atoms with van der Waals surface area (Å²) < 4.78 is 0. The summed E-state index contributed by atoms with van der Waals surface area (Å²) in [4.78, 5) is 0. The fraction of sp³-hybridized carbons (Fsp3) is 0.647. The highest BCUT2D eigenvalue weighted by atomic mass is 16.3. The lowest BCUT2D eigenvalue weighted by Gasteiger charge is -2.30. The van der Waals surface area contributed by atoms with E-state index in [0.29, 0.717) is 23.3 Å². The van der Waals surface area contributed by atoms with Crippen molar-refractivity contribution >= 4 is 0 Å². The Morgan fingerprint density at radius 3 is 1.33 bits per heavy atom. The summed E-state index contributed by atoms with van der Waals surface area (Å²) in [6.45, 7) is 15.8. The van der Waals surface area contributed by atoms with Gasteiger partial charge in [-0.05, 0) is 77.0 Å². The number of hydrogen-bond acceptors (Lipinski definition) is 2. The Labute approximate surface area is 220 Å². The molecule has 2 saturated carbocycles. The first-order valence-electron chi connectivity index (χ1n) is 14.7. The van der Waals surface area contributed by atoms with Gasteiger partial charge in [0.1, 0.15) is 11.5 Å². The van der Waals surface area contributed by atoms with Gasteiger partial charge in [0, 0.05) is 17.0 Å². The lowest BCUT2D eigenvalue weighted by Crippen LogP contribution is -2.16. The second-order valence-electron chi connectivity index (χ2n) is 13.8. The first-order chi connectivity index (χ1) is 16.9. The van der Waals surface area contributed by atoms with E-state index in [2.05, 4.69) is 72.7 Å². The number of rotatable bonds is 6. The molecule has 4 rings (SSSR count). The van der Waals surface area contributed by atoms with Gasteiger partial charge in [0.05, 0.1) is 0 Å². The Morgan fingerprint density at radius 1 is 0.667 bits per heavy atom. The minimum Gasteiger partial charge on any atom is -0.507 e. The van der Waals surface area contributed by atoms with Crippen LogP contribution in [0.1, 0.15) is 164 Å². The first-order valence-corrected chi connectivity index (χ1v) is 14.7. The summed E-state index contributed by atoms with van der Waals surface area (Å²) in [5.74, 6) is 1.83. The van der Waals surface area contributed by atoms with Crippen molar-refractivity contribution < 1.29 is 10.2 Å². The largest absolute Gasteiger partial charge is 0.507 e. The van der Waals surface area contributed by atoms with Gasteiger partial charge in [-0.1, -0.05) is 105 Å². The van der Waals surface area contributed by atoms with E-state index in [4.69, 9.17) is 0 Å². The van der Waals surface area contributed by atoms with E-state index in [1.54, 1.807) is 0 Å². The maximum Gasteiger partial charge on any atom is 0.122 e. The van der Waals surface area contributed by atoms with Crippen molar-refractivity contribution in [3.05, 3.63) is 57.6 Å². The van der Waals surface area contributed by atoms with Gasteiger partial charge in [-0.25, -0.2) is 0 Å². The minimum atomic E-state index is -0.0140. The van der Waals surface area contributed by atoms with Gasteiger partial charge in [0.2, 0.25) is 0 Å². The number of phenols is 2. The second-order valence-corrected chi connectivity index (χ2v) is 13.8. The van der Waals surface area contributed by atoms with E-state index >= 15 is 0 Å². The predicted octanol–water partition coefficient (Wildman–Crippen LogP) is 9.94. The van der Waals surface area contributed by atoms with E-state index in [-0.39, 0.29) is 16.7 Å². The van der Waals surface area contributed by atoms with E-state index in [9.17, 15) is 10.2 Å². The molecule has 198 valence electrons. The summed E-state index contributed by atoms with van der Waals surface area (Å²) in [6.07, 6.45) is 11.6. The zero-order chi connectivity index (χ0) is 26.3. The van der Waals surface area contributed by atoms with Gasteiger partial charge >= 0.3 is 0 Å². The highest BCUT2D eigenvalue weighted by Gasteiger charge is 2.32. The van der Waals surface area contributed by atoms with Crippen LogP contribution in [0.4, 0.5) is 0 Å². The first kappa shape index (κ1) is 27.1. The molecule has 0 heterocycles. The highest BCUT2D eigenvalue weighted by Crippen LogP contribution is 2.50. The molecular formula is C34H50O2. The molecule has 0 bridgehead atoms. The molecule has 2 nitrogen and oxygen atoms in total. The highest BCUT2D eigenvalue weighted by molar-refractivity contribution is 5.56. The third kappa shape index (κ3) is 5.48. The van der Waals surface area contributed by atoms with Crippen molar-refractivity contribution in [3.63, 3.8) is 0 Å². The van der Waals surface area contributed by atoms with Gasteiger partial charge in [-0.15, -0.1) is 0 Å². The van der Waals surface area contributed by atoms with Gasteiger partial charge in [0.15, 0.2) is 0 Å². The maximum absolute atomic E-state index is 11.8. The van der Waals surface area contributed by atoms with Crippen molar-refractivity contribution in [3.8, 4) is 11.5 Å². The molecule has 0 atom stereocenters. The number of benzene rings is 2. The van der Waals surface area contributed by atoms with Crippen LogP contribution in [-0.4, -0.2) is 10.2 Å². The molecule has 0 unspecified atom stereocenters. The molecule has 2 heteroatoms. The summed E-state index contributed by atoms with van der Waals surface area (Å²) in [5.41, 5.74) is 6.89. The van der Waals surface area contributed by atoms with Crippen molar-refractivity contribution in [1.82, 2.24) is 0 Å². The fourth-order valence-electron chi connectivity index (χ4n) is 6.62. The van der Waals surface area contributed by atoms with Gasteiger partial charge in [-0.2, -0.15) is 0 Å². The van der Waals surface area contributed by atoms with Crippen molar-refractivity contribution in [2.45, 2.75) is 141 Å². The molecule has 2 fully saturated rings. The Morgan fingerprint density at radius 2 is 1.03 bits per heavy atom. The number of phenolic OH excluding ortho intramolecular Hbond substituents is 2. The Kier molecular flexibility index (Phi) is 7.84. The average molecular weight is 491 g/mol. The summed E-state index contributed by atoms with van der Waals surface area (Å²) in [7, 11) is 0. The van der Waals surface area contributed by atoms with Crippen LogP contribution in [0.15, 0.2) is 24.3 Å². The van der Waals surface area contributed by atoms with Gasteiger partial charge < -0.3 is 10.2 Å². The quantitative estimate of drug-likeness (QED) is 0.423. The van der Waals surface area contributed by atoms with Crippen LogP contribution in [-0.2, 0) is 10.8 Å². The van der Waals surface area contributed by atoms with Crippen LogP contribution < -0.4 is 0 Å². The third-order valence-corrected chi connectivity index (χ3v) is 8.99. The molecule has 0 aliphatic heterocycles. The van der Waals surface area contributed by atoms with E-state index in [0.717, 1.165) is 60.8 Å². The lowest BCUT2D eigenvalue weighted by molar-refractivity contribution is 0.434. The molecule has 0 spiro atoms. The molecule has 36 heavy (non-hydrogen) atoms. The SMILES string of the molecule is CCCC(c1cc(C(C)(C)C)cc(C2CCCC2)c1O)c1cc(C(C)(C)C)cc(C2CCCC2)c1O. The number of hydrogen-bond donors (Lipinski definition) is 2. The number of aromatic hydroxyl groups is 2. The molecule has 2 N–H and O–H groups in total. The summed E-state index contributed by atoms with van der Waals surface area (Å²) in [6, 6.07) is 9.08. The molecule has 2 aliphatic carbocycles. The van der Waals surface area contributed by atoms with Gasteiger partial charge in [0.25, 0.3) is 0 Å². The van der Waals surface area contributed by atoms with Crippen LogP contribution in [0.25, 0.3) is 0 Å². The molecule has 2 aromatic rings. The van der Waals surface area contributed by atoms with E-state index in [1.807, 2.05) is 0 Å². The third-order valence-electron chi connectivity index (χ3n) is 8.99. The van der Waals surface area contributed by atoms with E-state index in [1.165, 1.54) is 36.8 Å². The van der Waals surface area contributed by atoms with Crippen molar-refractivity contribution in [1.29, 1.82) is 0 Å². The standard InChI is InChI=1S/C34H50O2/c1-8-13-26(29-20-24(33(2,3)4)18-27(31(29)35)22-14-9-10-15-22)30-21-25(34(5,6)7)19-28(32(30)36)23-16-11-12-17-23/h18-23,26,35-36H,8-17H2,1-7H3. The summed E-state index contributed by atoms with van der Waals surface area (Å²) >= 11 is 0. The molecule has 0 saturated heterocycles. The molecule has 0 aromatic heterocycles. The monoisotopic (exact) mass is 490 g/mol. The van der Waals surface area contributed by atoms with Crippen LogP contribution in [0.3, 0.4) is 0 Å². The topological polar surface area (TPSA) is 40.5 Å². The molecular weight excluding hydrogens is 440 g/mol. The second kappa shape index (κ2) is 10.4. The zero-order valence-electron chi connectivity index (χ0n) is 24.0. The van der Waals surface area contributed by atoms with E-state index < -0.39 is 0 Å². The predicted molar refractivity (Wildman–Crippen MR) is 153 cm³/mol. The van der Waals surface area contributed by atoms with Crippen LogP contribution in [0.2, 0.25) is 0 Å². The fourth-order valence-corrected chi connectivity index (χ4v) is 6.62. The van der Waals surface area contributed by atoms with Crippen molar-refractivity contribution in [2.24, 2.45) is 0 Å². The Balaban J connectivity index is 1.95.